The van der Waals surface area contributed by atoms with Crippen LogP contribution in [0.15, 0.2) is 23.8 Å². The normalized spacial score (nSPS) is 38.8. The Morgan fingerprint density at radius 3 is 2.47 bits per heavy atom. The highest BCUT2D eigenvalue weighted by atomic mass is 35.5. The third-order valence-electron chi connectivity index (χ3n) is 7.56. The molecule has 17 nitrogen and oxygen atoms in total. The number of ketones is 1. The van der Waals surface area contributed by atoms with Crippen LogP contribution in [0.5, 0.6) is 0 Å². The molecule has 4 aliphatic heterocycles. The first-order valence-corrected chi connectivity index (χ1v) is 18.9. The fourth-order valence-corrected chi connectivity index (χ4v) is 8.75. The number of carbonyl (C=O) groups excluding carboxylic acids is 1. The van der Waals surface area contributed by atoms with E-state index in [2.05, 4.69) is 44.4 Å². The number of ether oxygens (including phenoxy) is 2. The van der Waals surface area contributed by atoms with E-state index in [0.29, 0.717) is 0 Å². The number of hydrogen-bond donors (Lipinski definition) is 4. The molecule has 3 aromatic heterocycles. The lowest BCUT2D eigenvalue weighted by Crippen LogP contribution is -2.35. The molecule has 2 bridgehead atoms. The van der Waals surface area contributed by atoms with E-state index in [4.69, 9.17) is 44.9 Å². The van der Waals surface area contributed by atoms with Gasteiger partial charge in [-0.05, 0) is 0 Å². The zero-order valence-corrected chi connectivity index (χ0v) is 26.8. The van der Waals surface area contributed by atoms with E-state index in [0.717, 1.165) is 6.33 Å². The van der Waals surface area contributed by atoms with Crippen molar-refractivity contribution in [3.05, 3.63) is 29.4 Å². The van der Waals surface area contributed by atoms with Crippen molar-refractivity contribution in [2.75, 3.05) is 18.9 Å². The van der Waals surface area contributed by atoms with Crippen LogP contribution in [0.3, 0.4) is 0 Å². The Morgan fingerprint density at radius 1 is 1.02 bits per heavy atom. The molecule has 3 aromatic rings. The summed E-state index contributed by atoms with van der Waals surface area (Å²) in [6.45, 7) is -10.0. The molecule has 23 heteroatoms. The maximum atomic E-state index is 16.0. The van der Waals surface area contributed by atoms with Gasteiger partial charge in [0.1, 0.15) is 48.2 Å². The quantitative estimate of drug-likeness (QED) is 0.221. The van der Waals surface area contributed by atoms with Gasteiger partial charge in [0.25, 0.3) is 0 Å². The molecule has 2 unspecified atom stereocenters. The van der Waals surface area contributed by atoms with Crippen LogP contribution in [0.4, 0.5) is 16.0 Å². The number of halogens is 2. The molecule has 0 saturated carbocycles. The second kappa shape index (κ2) is 11.6. The number of aromatic nitrogens is 5. The average molecular weight is 726 g/mol. The van der Waals surface area contributed by atoms with E-state index in [1.807, 2.05) is 0 Å². The third kappa shape index (κ3) is 5.68. The summed E-state index contributed by atoms with van der Waals surface area (Å²) in [5.41, 5.74) is 6.31. The van der Waals surface area contributed by atoms with Crippen molar-refractivity contribution in [1.82, 2.24) is 24.1 Å². The van der Waals surface area contributed by atoms with Gasteiger partial charge in [0.15, 0.2) is 35.9 Å². The molecule has 7 rings (SSSR count). The molecule has 4 aliphatic rings. The topological polar surface area (TPSA) is 214 Å². The number of thiol groups is 2. The number of aliphatic hydroxyl groups is 1. The first kappa shape index (κ1) is 31.7. The predicted octanol–water partition coefficient (Wildman–Crippen LogP) is 3.24. The molecular weight excluding hydrogens is 703 g/mol. The fourth-order valence-electron chi connectivity index (χ4n) is 5.52. The summed E-state index contributed by atoms with van der Waals surface area (Å²) in [7, 11) is 0. The number of nitrogens with two attached hydrogens (primary N) is 1. The highest BCUT2D eigenvalue weighted by Crippen LogP contribution is 2.60. The number of alkyl halides is 1. The van der Waals surface area contributed by atoms with E-state index in [9.17, 15) is 19.0 Å². The number of aliphatic imine (C=N–C) groups is 1. The van der Waals surface area contributed by atoms with Gasteiger partial charge in [-0.2, -0.15) is 0 Å². The summed E-state index contributed by atoms with van der Waals surface area (Å²) >= 11 is 14.4. The van der Waals surface area contributed by atoms with Gasteiger partial charge in [0, 0.05) is 18.8 Å². The molecular formula is C22H23ClFN7O10P2S2. The summed E-state index contributed by atoms with van der Waals surface area (Å²) < 4.78 is 79.4. The Balaban J connectivity index is 1.20. The van der Waals surface area contributed by atoms with E-state index in [-0.39, 0.29) is 45.6 Å². The van der Waals surface area contributed by atoms with Crippen molar-refractivity contribution in [3.8, 4) is 0 Å². The number of hydrogen-bond acceptors (Lipinski definition) is 15. The molecule has 3 N–H and O–H groups in total. The number of imidazole rings is 1. The number of fused-ring (bicyclic) bond motifs is 5. The van der Waals surface area contributed by atoms with Crippen molar-refractivity contribution < 1.29 is 51.0 Å². The SMILES string of the molecule is Nc1ncnc2c1ncn2[C@@H]1O[C@@H]2COP(=O)(S)O[C@@H]3[C@H](O)[C@@H](COP(=O)(S)O[C@H]2[C@H]1F)O[C@H]3n1cc(Cl)c2c1N=CCC2=O. The van der Waals surface area contributed by atoms with E-state index in [1.165, 1.54) is 27.9 Å². The first-order chi connectivity index (χ1) is 21.3. The first-order valence-electron chi connectivity index (χ1n) is 13.2. The van der Waals surface area contributed by atoms with Crippen LogP contribution in [0, 0.1) is 0 Å². The van der Waals surface area contributed by atoms with Crippen LogP contribution in [-0.2, 0) is 36.7 Å². The van der Waals surface area contributed by atoms with Gasteiger partial charge in [0.05, 0.1) is 30.1 Å². The van der Waals surface area contributed by atoms with Gasteiger partial charge in [0.2, 0.25) is 0 Å². The van der Waals surface area contributed by atoms with Crippen LogP contribution in [0.2, 0.25) is 5.02 Å². The van der Waals surface area contributed by atoms with Crippen LogP contribution < -0.4 is 5.73 Å². The summed E-state index contributed by atoms with van der Waals surface area (Å²) in [4.78, 5) is 28.8. The van der Waals surface area contributed by atoms with Crippen LogP contribution in [0.1, 0.15) is 29.2 Å². The van der Waals surface area contributed by atoms with Crippen molar-refractivity contribution >= 4 is 84.5 Å². The average Bonchev–Trinajstić information content (AvgIpc) is 3.71. The van der Waals surface area contributed by atoms with Gasteiger partial charge in [-0.15, -0.1) is 0 Å². The molecule has 3 saturated heterocycles. The molecule has 3 fully saturated rings. The summed E-state index contributed by atoms with van der Waals surface area (Å²) in [6.07, 6.45) is -6.94. The van der Waals surface area contributed by atoms with Crippen molar-refractivity contribution in [1.29, 1.82) is 0 Å². The molecule has 0 spiro atoms. The molecule has 10 atom stereocenters. The Kier molecular flexibility index (Phi) is 8.19. The van der Waals surface area contributed by atoms with Gasteiger partial charge >= 0.3 is 13.6 Å². The third-order valence-corrected chi connectivity index (χ3v) is 11.1. The van der Waals surface area contributed by atoms with Crippen molar-refractivity contribution in [3.63, 3.8) is 0 Å². The molecule has 7 heterocycles. The minimum atomic E-state index is -4.39. The second-order valence-corrected chi connectivity index (χ2v) is 16.5. The second-order valence-electron chi connectivity index (χ2n) is 10.3. The number of Topliss-reactive ketones (excluding diaryl/α,β-unsaturated/α-hetero) is 1. The molecule has 0 radical (unpaired) electrons. The van der Waals surface area contributed by atoms with Crippen molar-refractivity contribution in [2.45, 2.75) is 55.6 Å². The maximum Gasteiger partial charge on any atom is 0.386 e. The van der Waals surface area contributed by atoms with Gasteiger partial charge in [-0.25, -0.2) is 33.5 Å². The van der Waals surface area contributed by atoms with Crippen LogP contribution in [-0.4, -0.2) is 91.1 Å². The maximum absolute atomic E-state index is 16.0. The molecule has 0 amide bonds. The van der Waals surface area contributed by atoms with Gasteiger partial charge < -0.3 is 24.9 Å². The lowest BCUT2D eigenvalue weighted by molar-refractivity contribution is -0.0572. The summed E-state index contributed by atoms with van der Waals surface area (Å²) in [5.74, 6) is -0.133. The number of rotatable bonds is 2. The monoisotopic (exact) mass is 725 g/mol. The van der Waals surface area contributed by atoms with Crippen LogP contribution >= 0.6 is 49.7 Å². The van der Waals surface area contributed by atoms with E-state index >= 15 is 4.39 Å². The Bertz CT molecular complexity index is 1820. The van der Waals surface area contributed by atoms with Crippen molar-refractivity contribution in [2.24, 2.45) is 4.99 Å². The molecule has 45 heavy (non-hydrogen) atoms. The Morgan fingerprint density at radius 2 is 1.71 bits per heavy atom. The predicted molar refractivity (Wildman–Crippen MR) is 160 cm³/mol. The number of carbonyl (C=O) groups is 1. The lowest BCUT2D eigenvalue weighted by atomic mass is 10.1. The minimum Gasteiger partial charge on any atom is -0.387 e. The lowest BCUT2D eigenvalue weighted by Gasteiger charge is -2.27. The zero-order chi connectivity index (χ0) is 31.8. The zero-order valence-electron chi connectivity index (χ0n) is 22.5. The smallest absolute Gasteiger partial charge is 0.386 e. The Hall–Kier alpha value is -1.93. The van der Waals surface area contributed by atoms with E-state index in [1.54, 1.807) is 0 Å². The van der Waals surface area contributed by atoms with Crippen LogP contribution in [0.25, 0.3) is 11.2 Å². The highest BCUT2D eigenvalue weighted by Gasteiger charge is 2.54. The van der Waals surface area contributed by atoms with Gasteiger partial charge in [-0.1, -0.05) is 36.1 Å². The molecule has 0 aromatic carbocycles. The Labute approximate surface area is 267 Å². The molecule has 242 valence electrons. The number of aliphatic hydroxyl groups excluding tert-OH is 1. The van der Waals surface area contributed by atoms with E-state index < -0.39 is 76.0 Å². The number of anilines is 1. The number of nitrogens with zero attached hydrogens (tertiary/aromatic N) is 6. The standard InChI is InChI=1S/C22H23ClFN7O10P2S2/c23-8-3-30(19-12(8)9(32)1-2-26-19)22-17-15(33)10(38-22)4-36-42(34,44)40-16-11(5-37-43(35,45)41-17)39-21(13(16)24)31-7-29-14-18(25)27-6-28-20(14)31/h2-3,6-7,10-11,13,15-17,21-22,33H,1,4-5H2,(H,34,44)(H,35,45)(H2,25,27,28)/t10-,11-,13-,15-,16-,17-,21-,22-,42?,43?/m1/s1. The summed E-state index contributed by atoms with van der Waals surface area (Å²) in [5, 5.41) is 11.2. The fraction of sp³-hybridized carbons (Fsp3) is 0.500. The minimum absolute atomic E-state index is 0.0296. The summed E-state index contributed by atoms with van der Waals surface area (Å²) in [6, 6.07) is 0. The largest absolute Gasteiger partial charge is 0.387 e. The highest BCUT2D eigenvalue weighted by molar-refractivity contribution is 8.44. The van der Waals surface area contributed by atoms with Gasteiger partial charge in [-0.3, -0.25) is 27.5 Å². The molecule has 0 aliphatic carbocycles. The number of nitrogen functional groups attached to an aromatic ring is 1.